The molecule has 2 rings (SSSR count). The highest BCUT2D eigenvalue weighted by Gasteiger charge is 2.05. The highest BCUT2D eigenvalue weighted by molar-refractivity contribution is 9.13. The number of nitrogens with zero attached hydrogens (tertiary/aromatic N) is 1. The van der Waals surface area contributed by atoms with E-state index in [2.05, 4.69) is 36.8 Å². The molecule has 0 spiro atoms. The Hall–Kier alpha value is -0.230. The first-order chi connectivity index (χ1) is 7.20. The van der Waals surface area contributed by atoms with Gasteiger partial charge in [-0.25, -0.2) is 4.98 Å². The number of nitrogens with two attached hydrogens (primary N) is 1. The minimum Gasteiger partial charge on any atom is -0.325 e. The maximum Gasteiger partial charge on any atom is 0.123 e. The van der Waals surface area contributed by atoms with Crippen molar-refractivity contribution >= 4 is 43.2 Å². The molecule has 78 valence electrons. The van der Waals surface area contributed by atoms with E-state index in [0.29, 0.717) is 6.54 Å². The van der Waals surface area contributed by atoms with Gasteiger partial charge in [0.05, 0.1) is 5.69 Å². The van der Waals surface area contributed by atoms with Gasteiger partial charge in [-0.2, -0.15) is 0 Å². The molecule has 15 heavy (non-hydrogen) atoms. The summed E-state index contributed by atoms with van der Waals surface area (Å²) >= 11 is 8.52. The topological polar surface area (TPSA) is 38.9 Å². The van der Waals surface area contributed by atoms with E-state index >= 15 is 0 Å². The van der Waals surface area contributed by atoms with Crippen LogP contribution in [0.3, 0.4) is 0 Å². The predicted octanol–water partition coefficient (Wildman–Crippen LogP) is 3.79. The molecule has 5 heteroatoms. The lowest BCUT2D eigenvalue weighted by atomic mass is 10.2. The minimum absolute atomic E-state index is 0.494. The van der Waals surface area contributed by atoms with Crippen molar-refractivity contribution in [3.05, 3.63) is 38.2 Å². The van der Waals surface area contributed by atoms with E-state index in [0.717, 1.165) is 25.2 Å². The number of aromatic nitrogens is 1. The van der Waals surface area contributed by atoms with Crippen molar-refractivity contribution in [1.82, 2.24) is 4.98 Å². The molecule has 1 aromatic heterocycles. The molecule has 0 saturated heterocycles. The third-order valence-electron chi connectivity index (χ3n) is 1.93. The SMILES string of the molecule is NCc1csc(-c2ccc(Br)c(Br)c2)n1. The van der Waals surface area contributed by atoms with Gasteiger partial charge < -0.3 is 5.73 Å². The van der Waals surface area contributed by atoms with Gasteiger partial charge in [0.25, 0.3) is 0 Å². The molecular weight excluding hydrogens is 340 g/mol. The lowest BCUT2D eigenvalue weighted by molar-refractivity contribution is 1.01. The van der Waals surface area contributed by atoms with Gasteiger partial charge in [0.1, 0.15) is 5.01 Å². The number of rotatable bonds is 2. The van der Waals surface area contributed by atoms with E-state index in [1.54, 1.807) is 11.3 Å². The van der Waals surface area contributed by atoms with Crippen molar-refractivity contribution in [3.63, 3.8) is 0 Å². The van der Waals surface area contributed by atoms with Gasteiger partial charge in [0.15, 0.2) is 0 Å². The summed E-state index contributed by atoms with van der Waals surface area (Å²) in [6.07, 6.45) is 0. The summed E-state index contributed by atoms with van der Waals surface area (Å²) in [5, 5.41) is 2.99. The Morgan fingerprint density at radius 2 is 2.07 bits per heavy atom. The fourth-order valence-corrected chi connectivity index (χ4v) is 2.62. The number of benzene rings is 1. The highest BCUT2D eigenvalue weighted by atomic mass is 79.9. The second-order valence-corrected chi connectivity index (χ2v) is 5.54. The number of hydrogen-bond acceptors (Lipinski definition) is 3. The normalized spacial score (nSPS) is 10.6. The fraction of sp³-hybridized carbons (Fsp3) is 0.100. The first kappa shape index (κ1) is 11.3. The molecule has 0 saturated carbocycles. The monoisotopic (exact) mass is 346 g/mol. The van der Waals surface area contributed by atoms with Gasteiger partial charge >= 0.3 is 0 Å². The van der Waals surface area contributed by atoms with E-state index in [-0.39, 0.29) is 0 Å². The average Bonchev–Trinajstić information content (AvgIpc) is 2.70. The smallest absolute Gasteiger partial charge is 0.123 e. The molecule has 0 aliphatic heterocycles. The average molecular weight is 348 g/mol. The van der Waals surface area contributed by atoms with Gasteiger partial charge in [-0.1, -0.05) is 6.07 Å². The van der Waals surface area contributed by atoms with Crippen LogP contribution in [0.5, 0.6) is 0 Å². The Bertz CT molecular complexity index is 482. The van der Waals surface area contributed by atoms with E-state index < -0.39 is 0 Å². The van der Waals surface area contributed by atoms with Crippen LogP contribution in [0.15, 0.2) is 32.5 Å². The van der Waals surface area contributed by atoms with Crippen LogP contribution in [0.25, 0.3) is 10.6 Å². The molecule has 2 aromatic rings. The van der Waals surface area contributed by atoms with Crippen LogP contribution in [-0.4, -0.2) is 4.98 Å². The molecule has 0 amide bonds. The molecule has 0 aliphatic carbocycles. The first-order valence-corrected chi connectivity index (χ1v) is 6.77. The predicted molar refractivity (Wildman–Crippen MR) is 70.8 cm³/mol. The van der Waals surface area contributed by atoms with Crippen molar-refractivity contribution in [2.45, 2.75) is 6.54 Å². The molecule has 2 N–H and O–H groups in total. The number of thiazole rings is 1. The van der Waals surface area contributed by atoms with Crippen LogP contribution in [0.1, 0.15) is 5.69 Å². The Morgan fingerprint density at radius 3 is 2.67 bits per heavy atom. The molecule has 0 unspecified atom stereocenters. The third kappa shape index (κ3) is 2.47. The number of hydrogen-bond donors (Lipinski definition) is 1. The molecule has 0 fully saturated rings. The Balaban J connectivity index is 2.40. The Labute approximate surface area is 109 Å². The summed E-state index contributed by atoms with van der Waals surface area (Å²) in [4.78, 5) is 4.43. The van der Waals surface area contributed by atoms with E-state index in [1.165, 1.54) is 0 Å². The zero-order valence-electron chi connectivity index (χ0n) is 7.71. The van der Waals surface area contributed by atoms with Crippen LogP contribution >= 0.6 is 43.2 Å². The van der Waals surface area contributed by atoms with Gasteiger partial charge in [0.2, 0.25) is 0 Å². The summed E-state index contributed by atoms with van der Waals surface area (Å²) < 4.78 is 2.08. The lowest BCUT2D eigenvalue weighted by Crippen LogP contribution is -1.95. The standard InChI is InChI=1S/C10H8Br2N2S/c11-8-2-1-6(3-9(8)12)10-14-7(4-13)5-15-10/h1-3,5H,4,13H2. The Kier molecular flexibility index (Phi) is 3.56. The lowest BCUT2D eigenvalue weighted by Gasteiger charge is -1.99. The summed E-state index contributed by atoms with van der Waals surface area (Å²) in [5.41, 5.74) is 7.57. The van der Waals surface area contributed by atoms with Gasteiger partial charge in [-0.05, 0) is 44.0 Å². The van der Waals surface area contributed by atoms with Crippen LogP contribution < -0.4 is 5.73 Å². The molecular formula is C10H8Br2N2S. The van der Waals surface area contributed by atoms with Gasteiger partial charge in [-0.15, -0.1) is 11.3 Å². The van der Waals surface area contributed by atoms with E-state index in [9.17, 15) is 0 Å². The largest absolute Gasteiger partial charge is 0.325 e. The van der Waals surface area contributed by atoms with Gasteiger partial charge in [-0.3, -0.25) is 0 Å². The van der Waals surface area contributed by atoms with Crippen molar-refractivity contribution in [3.8, 4) is 10.6 Å². The van der Waals surface area contributed by atoms with Crippen molar-refractivity contribution in [2.24, 2.45) is 5.73 Å². The summed E-state index contributed by atoms with van der Waals surface area (Å²) in [7, 11) is 0. The first-order valence-electron chi connectivity index (χ1n) is 4.30. The quantitative estimate of drug-likeness (QED) is 0.897. The Morgan fingerprint density at radius 1 is 1.27 bits per heavy atom. The molecule has 0 atom stereocenters. The van der Waals surface area contributed by atoms with Crippen molar-refractivity contribution < 1.29 is 0 Å². The summed E-state index contributed by atoms with van der Waals surface area (Å²) in [6.45, 7) is 0.494. The van der Waals surface area contributed by atoms with Crippen LogP contribution in [0.4, 0.5) is 0 Å². The summed E-state index contributed by atoms with van der Waals surface area (Å²) in [5.74, 6) is 0. The van der Waals surface area contributed by atoms with Crippen molar-refractivity contribution in [2.75, 3.05) is 0 Å². The van der Waals surface area contributed by atoms with Crippen LogP contribution in [0, 0.1) is 0 Å². The van der Waals surface area contributed by atoms with E-state index in [1.807, 2.05) is 23.6 Å². The third-order valence-corrected chi connectivity index (χ3v) is 4.75. The fourth-order valence-electron chi connectivity index (χ4n) is 1.16. The summed E-state index contributed by atoms with van der Waals surface area (Å²) in [6, 6.07) is 6.08. The highest BCUT2D eigenvalue weighted by Crippen LogP contribution is 2.30. The maximum atomic E-state index is 5.52. The molecule has 1 aromatic carbocycles. The van der Waals surface area contributed by atoms with Gasteiger partial charge in [0, 0.05) is 26.4 Å². The van der Waals surface area contributed by atoms with E-state index in [4.69, 9.17) is 5.73 Å². The molecule has 1 heterocycles. The van der Waals surface area contributed by atoms with Crippen LogP contribution in [-0.2, 0) is 6.54 Å². The number of halogens is 2. The van der Waals surface area contributed by atoms with Crippen molar-refractivity contribution in [1.29, 1.82) is 0 Å². The second-order valence-electron chi connectivity index (χ2n) is 2.98. The zero-order chi connectivity index (χ0) is 10.8. The minimum atomic E-state index is 0.494. The molecule has 0 bridgehead atoms. The molecule has 2 nitrogen and oxygen atoms in total. The molecule has 0 aliphatic rings. The maximum absolute atomic E-state index is 5.52. The molecule has 0 radical (unpaired) electrons. The zero-order valence-corrected chi connectivity index (χ0v) is 11.7. The second kappa shape index (κ2) is 4.74. The van der Waals surface area contributed by atoms with Crippen LogP contribution in [0.2, 0.25) is 0 Å².